The van der Waals surface area contributed by atoms with Crippen molar-refractivity contribution in [2.75, 3.05) is 48.0 Å². The minimum absolute atomic E-state index is 0.259. The molecular weight excluding hydrogens is 358 g/mol. The van der Waals surface area contributed by atoms with Gasteiger partial charge in [0.2, 0.25) is 0 Å². The Hall–Kier alpha value is -2.88. The summed E-state index contributed by atoms with van der Waals surface area (Å²) in [5, 5.41) is 11.5. The van der Waals surface area contributed by atoms with E-state index in [2.05, 4.69) is 9.88 Å². The lowest BCUT2D eigenvalue weighted by molar-refractivity contribution is -0.387. The lowest BCUT2D eigenvalue weighted by Crippen LogP contribution is -2.46. The van der Waals surface area contributed by atoms with Crippen molar-refractivity contribution in [2.45, 2.75) is 4.90 Å². The molecule has 0 aliphatic carbocycles. The number of hydrogen-bond donors (Lipinski definition) is 1. The number of para-hydroxylation sites is 1. The first-order valence-corrected chi connectivity index (χ1v) is 9.85. The second-order valence-corrected chi connectivity index (χ2v) is 8.05. The molecule has 1 fully saturated rings. The molecule has 0 radical (unpaired) electrons. The maximum absolute atomic E-state index is 11.9. The van der Waals surface area contributed by atoms with Gasteiger partial charge in [-0.2, -0.15) is 0 Å². The summed E-state index contributed by atoms with van der Waals surface area (Å²) in [5.41, 5.74) is 6.49. The maximum Gasteiger partial charge on any atom is 0.311 e. The zero-order valence-electron chi connectivity index (χ0n) is 14.2. The number of rotatable bonds is 4. The Morgan fingerprint density at radius 2 is 1.77 bits per heavy atom. The fourth-order valence-corrected chi connectivity index (χ4v) is 3.89. The standard InChI is InChI=1S/C16H19N5O4S/c1-26(24,25)14-4-2-3-13(16(14)21(22)23)20-9-7-19(8-10-20)12-5-6-15(17)18-11-12/h2-6,11H,7-10H2,1H3,(H2,17,18). The van der Waals surface area contributed by atoms with Crippen LogP contribution in [0.25, 0.3) is 0 Å². The zero-order chi connectivity index (χ0) is 18.9. The van der Waals surface area contributed by atoms with Crippen molar-refractivity contribution in [1.29, 1.82) is 0 Å². The number of nitrogens with two attached hydrogens (primary N) is 1. The van der Waals surface area contributed by atoms with Gasteiger partial charge in [0.1, 0.15) is 16.4 Å². The van der Waals surface area contributed by atoms with E-state index in [1.807, 2.05) is 11.0 Å². The van der Waals surface area contributed by atoms with Crippen LogP contribution in [-0.2, 0) is 9.84 Å². The normalized spacial score (nSPS) is 15.1. The number of hydrogen-bond acceptors (Lipinski definition) is 8. The van der Waals surface area contributed by atoms with Gasteiger partial charge in [0.15, 0.2) is 9.84 Å². The number of nitrogens with zero attached hydrogens (tertiary/aromatic N) is 4. The highest BCUT2D eigenvalue weighted by Gasteiger charge is 2.30. The van der Waals surface area contributed by atoms with E-state index in [1.165, 1.54) is 12.1 Å². The van der Waals surface area contributed by atoms with E-state index < -0.39 is 14.8 Å². The lowest BCUT2D eigenvalue weighted by atomic mass is 10.2. The largest absolute Gasteiger partial charge is 0.384 e. The molecule has 3 rings (SSSR count). The van der Waals surface area contributed by atoms with Crippen LogP contribution in [-0.4, -0.2) is 50.8 Å². The molecule has 0 spiro atoms. The van der Waals surface area contributed by atoms with Crippen molar-refractivity contribution in [3.05, 3.63) is 46.6 Å². The van der Waals surface area contributed by atoms with Gasteiger partial charge in [0, 0.05) is 32.4 Å². The van der Waals surface area contributed by atoms with Crippen molar-refractivity contribution in [3.8, 4) is 0 Å². The minimum Gasteiger partial charge on any atom is -0.384 e. The van der Waals surface area contributed by atoms with Crippen molar-refractivity contribution in [2.24, 2.45) is 0 Å². The molecular formula is C16H19N5O4S. The Bertz CT molecular complexity index is 922. The van der Waals surface area contributed by atoms with Gasteiger partial charge in [-0.15, -0.1) is 0 Å². The molecule has 0 atom stereocenters. The summed E-state index contributed by atoms with van der Waals surface area (Å²) in [5.74, 6) is 0.445. The molecule has 2 N–H and O–H groups in total. The lowest BCUT2D eigenvalue weighted by Gasteiger charge is -2.37. The smallest absolute Gasteiger partial charge is 0.311 e. The average molecular weight is 377 g/mol. The van der Waals surface area contributed by atoms with Crippen LogP contribution in [0.15, 0.2) is 41.4 Å². The summed E-state index contributed by atoms with van der Waals surface area (Å²) < 4.78 is 23.8. The van der Waals surface area contributed by atoms with Gasteiger partial charge < -0.3 is 15.5 Å². The van der Waals surface area contributed by atoms with Gasteiger partial charge in [0.25, 0.3) is 0 Å². The fourth-order valence-electron chi connectivity index (χ4n) is 3.04. The first-order chi connectivity index (χ1) is 12.3. The molecule has 1 aliphatic rings. The summed E-state index contributed by atoms with van der Waals surface area (Å²) >= 11 is 0. The first-order valence-electron chi connectivity index (χ1n) is 7.96. The van der Waals surface area contributed by atoms with Crippen molar-refractivity contribution >= 4 is 32.7 Å². The fraction of sp³-hybridized carbons (Fsp3) is 0.312. The summed E-state index contributed by atoms with van der Waals surface area (Å²) in [4.78, 5) is 18.7. The number of piperazine rings is 1. The van der Waals surface area contributed by atoms with Crippen molar-refractivity contribution < 1.29 is 13.3 Å². The van der Waals surface area contributed by atoms with Gasteiger partial charge >= 0.3 is 5.69 Å². The zero-order valence-corrected chi connectivity index (χ0v) is 15.0. The van der Waals surface area contributed by atoms with Crippen LogP contribution in [0.5, 0.6) is 0 Å². The summed E-state index contributed by atoms with van der Waals surface area (Å²) in [6.07, 6.45) is 2.67. The van der Waals surface area contributed by atoms with Crippen LogP contribution in [0.1, 0.15) is 0 Å². The van der Waals surface area contributed by atoms with Crippen LogP contribution in [0.2, 0.25) is 0 Å². The van der Waals surface area contributed by atoms with Gasteiger partial charge in [-0.05, 0) is 24.3 Å². The van der Waals surface area contributed by atoms with Crippen molar-refractivity contribution in [1.82, 2.24) is 4.98 Å². The van der Waals surface area contributed by atoms with Gasteiger partial charge in [-0.1, -0.05) is 6.07 Å². The molecule has 2 heterocycles. The molecule has 0 bridgehead atoms. The van der Waals surface area contributed by atoms with E-state index in [0.29, 0.717) is 37.7 Å². The van der Waals surface area contributed by atoms with E-state index in [-0.39, 0.29) is 10.6 Å². The molecule has 1 saturated heterocycles. The Morgan fingerprint density at radius 3 is 2.31 bits per heavy atom. The molecule has 2 aromatic rings. The predicted octanol–water partition coefficient (Wildman–Crippen LogP) is 1.30. The molecule has 0 unspecified atom stereocenters. The summed E-state index contributed by atoms with van der Waals surface area (Å²) in [6, 6.07) is 8.00. The highest BCUT2D eigenvalue weighted by atomic mass is 32.2. The number of nitrogen functional groups attached to an aromatic ring is 1. The monoisotopic (exact) mass is 377 g/mol. The van der Waals surface area contributed by atoms with Gasteiger partial charge in [-0.3, -0.25) is 10.1 Å². The number of nitro benzene ring substituents is 1. The van der Waals surface area contributed by atoms with E-state index in [0.717, 1.165) is 11.9 Å². The number of nitro groups is 1. The molecule has 0 amide bonds. The Kier molecular flexibility index (Phi) is 4.68. The third-order valence-corrected chi connectivity index (χ3v) is 5.44. The highest BCUT2D eigenvalue weighted by Crippen LogP contribution is 2.35. The molecule has 1 aromatic heterocycles. The second-order valence-electron chi connectivity index (χ2n) is 6.07. The molecule has 9 nitrogen and oxygen atoms in total. The molecule has 1 aromatic carbocycles. The number of anilines is 3. The number of pyridine rings is 1. The summed E-state index contributed by atoms with van der Waals surface area (Å²) in [7, 11) is -3.70. The van der Waals surface area contributed by atoms with E-state index in [4.69, 9.17) is 5.73 Å². The van der Waals surface area contributed by atoms with Crippen molar-refractivity contribution in [3.63, 3.8) is 0 Å². The molecule has 10 heteroatoms. The van der Waals surface area contributed by atoms with Gasteiger partial charge in [0.05, 0.1) is 16.8 Å². The second kappa shape index (κ2) is 6.79. The number of benzene rings is 1. The number of aromatic nitrogens is 1. The third kappa shape index (κ3) is 3.54. The topological polar surface area (TPSA) is 123 Å². The molecule has 1 aliphatic heterocycles. The van der Waals surface area contributed by atoms with Crippen LogP contribution in [0, 0.1) is 10.1 Å². The Labute approximate surface area is 151 Å². The van der Waals surface area contributed by atoms with Crippen LogP contribution >= 0.6 is 0 Å². The predicted molar refractivity (Wildman–Crippen MR) is 99.3 cm³/mol. The first kappa shape index (κ1) is 17.9. The Balaban J connectivity index is 1.85. The molecule has 0 saturated carbocycles. The number of sulfone groups is 1. The van der Waals surface area contributed by atoms with E-state index in [1.54, 1.807) is 18.3 Å². The van der Waals surface area contributed by atoms with Crippen LogP contribution in [0.3, 0.4) is 0 Å². The SMILES string of the molecule is CS(=O)(=O)c1cccc(N2CCN(c3ccc(N)nc3)CC2)c1[N+](=O)[O-]. The average Bonchev–Trinajstić information content (AvgIpc) is 2.61. The Morgan fingerprint density at radius 1 is 1.12 bits per heavy atom. The van der Waals surface area contributed by atoms with Gasteiger partial charge in [-0.25, -0.2) is 13.4 Å². The maximum atomic E-state index is 11.9. The van der Waals surface area contributed by atoms with Crippen LogP contribution in [0.4, 0.5) is 22.9 Å². The van der Waals surface area contributed by atoms with E-state index in [9.17, 15) is 18.5 Å². The quantitative estimate of drug-likeness (QED) is 0.625. The minimum atomic E-state index is -3.70. The molecule has 26 heavy (non-hydrogen) atoms. The third-order valence-electron chi connectivity index (χ3n) is 4.32. The van der Waals surface area contributed by atoms with Crippen LogP contribution < -0.4 is 15.5 Å². The van der Waals surface area contributed by atoms with E-state index >= 15 is 0 Å². The highest BCUT2D eigenvalue weighted by molar-refractivity contribution is 7.90. The molecule has 138 valence electrons. The summed E-state index contributed by atoms with van der Waals surface area (Å²) in [6.45, 7) is 2.31.